The number of aromatic nitrogens is 1. The zero-order valence-corrected chi connectivity index (χ0v) is 23.9. The molecule has 3 heterocycles. The van der Waals surface area contributed by atoms with E-state index in [0.717, 1.165) is 60.8 Å². The third-order valence-corrected chi connectivity index (χ3v) is 7.77. The van der Waals surface area contributed by atoms with Crippen LogP contribution >= 0.6 is 23.5 Å². The molecule has 1 unspecified atom stereocenters. The smallest absolute Gasteiger partial charge is 0.150 e. The summed E-state index contributed by atoms with van der Waals surface area (Å²) < 4.78 is 14.9. The lowest BCUT2D eigenvalue weighted by Crippen LogP contribution is -2.44. The van der Waals surface area contributed by atoms with Crippen molar-refractivity contribution in [2.45, 2.75) is 36.8 Å². The van der Waals surface area contributed by atoms with Crippen molar-refractivity contribution in [3.8, 4) is 11.5 Å². The van der Waals surface area contributed by atoms with Crippen molar-refractivity contribution in [3.63, 3.8) is 0 Å². The summed E-state index contributed by atoms with van der Waals surface area (Å²) >= 11 is 7.57. The minimum atomic E-state index is -0.299. The average Bonchev–Trinajstić information content (AvgIpc) is 2.92. The van der Waals surface area contributed by atoms with Crippen molar-refractivity contribution < 1.29 is 14.3 Å². The number of methoxy groups -OCH3 is 1. The third-order valence-electron chi connectivity index (χ3n) is 6.60. The number of pyridine rings is 1. The molecule has 3 aromatic rings. The van der Waals surface area contributed by atoms with Crippen LogP contribution in [0.4, 0.5) is 5.69 Å². The highest BCUT2D eigenvalue weighted by molar-refractivity contribution is 7.97. The van der Waals surface area contributed by atoms with E-state index in [-0.39, 0.29) is 11.6 Å². The number of carbonyl (C=O) groups excluding carboxylic acids is 1. The summed E-state index contributed by atoms with van der Waals surface area (Å²) in [7, 11) is 3.81. The number of nitrogens with zero attached hydrogens (tertiary/aromatic N) is 3. The molecule has 7 nitrogen and oxygen atoms in total. The van der Waals surface area contributed by atoms with Crippen LogP contribution in [-0.4, -0.2) is 62.1 Å². The number of carbonyl (C=O) groups is 1. The summed E-state index contributed by atoms with van der Waals surface area (Å²) in [6, 6.07) is 15.2. The van der Waals surface area contributed by atoms with Gasteiger partial charge in [0.1, 0.15) is 23.4 Å². The first-order valence-electron chi connectivity index (χ1n) is 12.7. The van der Waals surface area contributed by atoms with Gasteiger partial charge in [-0.05, 0) is 81.4 Å². The number of anilines is 1. The molecule has 1 atom stereocenters. The molecule has 0 aliphatic carbocycles. The van der Waals surface area contributed by atoms with Gasteiger partial charge < -0.3 is 19.3 Å². The number of piperazine rings is 1. The van der Waals surface area contributed by atoms with Gasteiger partial charge in [-0.15, -0.1) is 0 Å². The van der Waals surface area contributed by atoms with E-state index in [4.69, 9.17) is 21.1 Å². The maximum Gasteiger partial charge on any atom is 0.150 e. The van der Waals surface area contributed by atoms with Crippen molar-refractivity contribution in [3.05, 3.63) is 77.1 Å². The van der Waals surface area contributed by atoms with E-state index >= 15 is 0 Å². The monoisotopic (exact) mass is 554 g/mol. The van der Waals surface area contributed by atoms with Crippen LogP contribution in [0.1, 0.15) is 42.2 Å². The minimum absolute atomic E-state index is 0.0346. The van der Waals surface area contributed by atoms with Gasteiger partial charge in [0.15, 0.2) is 0 Å². The molecule has 0 amide bonds. The molecule has 1 N–H and O–H groups in total. The van der Waals surface area contributed by atoms with E-state index in [2.05, 4.69) is 52.5 Å². The van der Waals surface area contributed by atoms with Gasteiger partial charge >= 0.3 is 0 Å². The Morgan fingerprint density at radius 1 is 1.11 bits per heavy atom. The predicted octanol–water partition coefficient (Wildman–Crippen LogP) is 5.89. The van der Waals surface area contributed by atoms with Crippen LogP contribution in [0, 0.1) is 0 Å². The number of nitrogens with one attached hydrogen (secondary N) is 1. The second-order valence-electron chi connectivity index (χ2n) is 10.0. The fourth-order valence-corrected chi connectivity index (χ4v) is 5.69. The molecule has 0 spiro atoms. The molecule has 2 aliphatic rings. The summed E-state index contributed by atoms with van der Waals surface area (Å²) in [5.41, 5.74) is 2.62. The van der Waals surface area contributed by atoms with Crippen LogP contribution in [0.15, 0.2) is 65.8 Å². The summed E-state index contributed by atoms with van der Waals surface area (Å²) in [5, 5.41) is 0.654. The van der Waals surface area contributed by atoms with E-state index in [0.29, 0.717) is 10.6 Å². The number of hydrogen-bond acceptors (Lipinski definition) is 8. The molecule has 0 saturated carbocycles. The lowest BCUT2D eigenvalue weighted by atomic mass is 9.89. The van der Waals surface area contributed by atoms with Crippen LogP contribution in [0.5, 0.6) is 11.5 Å². The maximum atomic E-state index is 11.1. The van der Waals surface area contributed by atoms with E-state index in [9.17, 15) is 4.79 Å². The lowest BCUT2D eigenvalue weighted by Gasteiger charge is -2.38. The van der Waals surface area contributed by atoms with E-state index in [1.54, 1.807) is 19.2 Å². The van der Waals surface area contributed by atoms with E-state index < -0.39 is 0 Å². The Balaban J connectivity index is 0.000000216. The SMILES string of the molecule is CN1CCN(c2ccncc2)CC1.COc1ccc(Cl)cc1SNC1CC(C)(C)Oc2ccc(C=O)cc21. The maximum absolute atomic E-state index is 11.1. The van der Waals surface area contributed by atoms with Crippen molar-refractivity contribution in [1.29, 1.82) is 0 Å². The van der Waals surface area contributed by atoms with Gasteiger partial charge in [-0.3, -0.25) is 14.5 Å². The molecule has 2 aromatic carbocycles. The number of benzene rings is 2. The van der Waals surface area contributed by atoms with Crippen LogP contribution in [0.3, 0.4) is 0 Å². The van der Waals surface area contributed by atoms with Crippen LogP contribution < -0.4 is 19.1 Å². The standard InChI is InChI=1S/C19H20ClNO3S.C10H15N3/c1-19(2)10-15(14-8-12(11-22)4-6-16(14)24-19)21-25-18-9-13(20)5-7-17(18)23-3;1-12-6-8-13(9-7-12)10-2-4-11-5-3-10/h4-9,11,15,21H,10H2,1-3H3;2-5H,6-9H2,1H3. The molecular formula is C29H35ClN4O3S. The quantitative estimate of drug-likeness (QED) is 0.299. The third kappa shape index (κ3) is 7.41. The molecule has 0 radical (unpaired) electrons. The highest BCUT2D eigenvalue weighted by atomic mass is 35.5. The van der Waals surface area contributed by atoms with Crippen molar-refractivity contribution >= 4 is 35.5 Å². The summed E-state index contributed by atoms with van der Waals surface area (Å²) in [5.74, 6) is 1.56. The Hall–Kier alpha value is -2.78. The number of halogens is 1. The van der Waals surface area contributed by atoms with Gasteiger partial charge in [0.25, 0.3) is 0 Å². The van der Waals surface area contributed by atoms with Gasteiger partial charge in [-0.2, -0.15) is 0 Å². The fourth-order valence-electron chi connectivity index (χ4n) is 4.54. The molecule has 1 saturated heterocycles. The van der Waals surface area contributed by atoms with Gasteiger partial charge in [-0.25, -0.2) is 0 Å². The molecule has 2 aliphatic heterocycles. The summed E-state index contributed by atoms with van der Waals surface area (Å²) in [6.45, 7) is 8.68. The average molecular weight is 555 g/mol. The summed E-state index contributed by atoms with van der Waals surface area (Å²) in [6.07, 6.45) is 5.34. The van der Waals surface area contributed by atoms with E-state index in [1.165, 1.54) is 17.6 Å². The van der Waals surface area contributed by atoms with Crippen molar-refractivity contribution in [1.82, 2.24) is 14.6 Å². The number of fused-ring (bicyclic) bond motifs is 1. The largest absolute Gasteiger partial charge is 0.496 e. The predicted molar refractivity (Wildman–Crippen MR) is 155 cm³/mol. The normalized spacial score (nSPS) is 18.4. The van der Waals surface area contributed by atoms with Crippen LogP contribution in [0.25, 0.3) is 0 Å². The minimum Gasteiger partial charge on any atom is -0.496 e. The van der Waals surface area contributed by atoms with E-state index in [1.807, 2.05) is 36.7 Å². The topological polar surface area (TPSA) is 66.9 Å². The number of likely N-dealkylation sites (N-methyl/N-ethyl adjacent to an activating group) is 1. The molecule has 202 valence electrons. The molecule has 1 fully saturated rings. The van der Waals surface area contributed by atoms with Gasteiger partial charge in [-0.1, -0.05) is 11.6 Å². The molecule has 1 aromatic heterocycles. The highest BCUT2D eigenvalue weighted by Gasteiger charge is 2.34. The zero-order valence-electron chi connectivity index (χ0n) is 22.3. The number of rotatable bonds is 6. The molecule has 0 bridgehead atoms. The Morgan fingerprint density at radius 3 is 2.53 bits per heavy atom. The van der Waals surface area contributed by atoms with Crippen LogP contribution in [0.2, 0.25) is 5.02 Å². The molecular weight excluding hydrogens is 520 g/mol. The lowest BCUT2D eigenvalue weighted by molar-refractivity contribution is 0.0706. The Kier molecular flexibility index (Phi) is 9.54. The molecule has 9 heteroatoms. The van der Waals surface area contributed by atoms with Gasteiger partial charge in [0.05, 0.1) is 12.0 Å². The van der Waals surface area contributed by atoms with Gasteiger partial charge in [0.2, 0.25) is 0 Å². The molecule has 5 rings (SSSR count). The summed E-state index contributed by atoms with van der Waals surface area (Å²) in [4.78, 5) is 20.8. The Morgan fingerprint density at radius 2 is 1.84 bits per heavy atom. The Bertz CT molecular complexity index is 1220. The Labute approximate surface area is 234 Å². The van der Waals surface area contributed by atoms with Crippen LogP contribution in [-0.2, 0) is 0 Å². The van der Waals surface area contributed by atoms with Gasteiger partial charge in [0, 0.05) is 72.9 Å². The highest BCUT2D eigenvalue weighted by Crippen LogP contribution is 2.42. The number of ether oxygens (including phenoxy) is 2. The molecule has 38 heavy (non-hydrogen) atoms. The first kappa shape index (κ1) is 28.2. The number of hydrogen-bond donors (Lipinski definition) is 1. The second kappa shape index (κ2) is 12.8. The zero-order chi connectivity index (χ0) is 27.1. The number of aldehydes is 1. The first-order valence-corrected chi connectivity index (χ1v) is 13.8. The van der Waals surface area contributed by atoms with Crippen molar-refractivity contribution in [2.75, 3.05) is 45.2 Å². The fraction of sp³-hybridized carbons (Fsp3) is 0.379. The second-order valence-corrected chi connectivity index (χ2v) is 11.4. The van der Waals surface area contributed by atoms with Crippen molar-refractivity contribution in [2.24, 2.45) is 0 Å². The first-order chi connectivity index (χ1) is 18.3.